The lowest BCUT2D eigenvalue weighted by molar-refractivity contribution is 0.112. The van der Waals surface area contributed by atoms with E-state index >= 15 is 0 Å². The monoisotopic (exact) mass is 229 g/mol. The number of carbonyl (C=O) groups is 1. The molecule has 0 radical (unpaired) electrons. The molecule has 1 fully saturated rings. The third-order valence-electron chi connectivity index (χ3n) is 3.36. The number of carbonyl (C=O) groups excluding carboxylic acids is 1. The van der Waals surface area contributed by atoms with Gasteiger partial charge >= 0.3 is 0 Å². The van der Waals surface area contributed by atoms with Crippen molar-refractivity contribution in [1.82, 2.24) is 14.7 Å². The molecule has 2 aromatic heterocycles. The lowest BCUT2D eigenvalue weighted by atomic mass is 10.1. The molecule has 1 aliphatic rings. The zero-order valence-electron chi connectivity index (χ0n) is 9.60. The van der Waals surface area contributed by atoms with Gasteiger partial charge in [-0.25, -0.2) is 4.98 Å². The van der Waals surface area contributed by atoms with Crippen LogP contribution in [0.4, 0.5) is 0 Å². The number of nitrogens with one attached hydrogen (secondary N) is 1. The Labute approximate surface area is 99.7 Å². The molecule has 2 aromatic rings. The molecule has 0 aliphatic carbocycles. The van der Waals surface area contributed by atoms with Gasteiger partial charge in [-0.2, -0.15) is 0 Å². The average molecular weight is 229 g/mol. The molecule has 0 bridgehead atoms. The van der Waals surface area contributed by atoms with Gasteiger partial charge < -0.3 is 9.72 Å². The van der Waals surface area contributed by atoms with Gasteiger partial charge in [0.1, 0.15) is 12.1 Å². The van der Waals surface area contributed by atoms with Gasteiger partial charge in [-0.1, -0.05) is 0 Å². The van der Waals surface area contributed by atoms with Crippen molar-refractivity contribution < 1.29 is 4.79 Å². The van der Waals surface area contributed by atoms with E-state index < -0.39 is 0 Å². The van der Waals surface area contributed by atoms with E-state index in [4.69, 9.17) is 0 Å². The quantitative estimate of drug-likeness (QED) is 0.810. The van der Waals surface area contributed by atoms with Crippen LogP contribution in [0.2, 0.25) is 0 Å². The molecule has 3 rings (SSSR count). The Morgan fingerprint density at radius 2 is 2.53 bits per heavy atom. The molecule has 0 aromatic carbocycles. The maximum absolute atomic E-state index is 10.7. The van der Waals surface area contributed by atoms with E-state index in [1.165, 1.54) is 12.8 Å². The van der Waals surface area contributed by atoms with Crippen molar-refractivity contribution >= 4 is 11.8 Å². The minimum Gasteiger partial charge on any atom is -0.314 e. The Morgan fingerprint density at radius 1 is 1.59 bits per heavy atom. The molecular weight excluding hydrogens is 214 g/mol. The van der Waals surface area contributed by atoms with Gasteiger partial charge in [0.2, 0.25) is 0 Å². The van der Waals surface area contributed by atoms with Crippen molar-refractivity contribution in [2.24, 2.45) is 0 Å². The van der Waals surface area contributed by atoms with E-state index in [2.05, 4.69) is 14.7 Å². The van der Waals surface area contributed by atoms with Crippen LogP contribution in [0.1, 0.15) is 29.0 Å². The number of nitrogens with zero attached hydrogens (tertiary/aromatic N) is 2. The van der Waals surface area contributed by atoms with Gasteiger partial charge in [0.05, 0.1) is 11.7 Å². The number of imidazole rings is 1. The molecule has 17 heavy (non-hydrogen) atoms. The third kappa shape index (κ3) is 1.96. The number of aldehydes is 1. The first-order valence-electron chi connectivity index (χ1n) is 6.01. The van der Waals surface area contributed by atoms with E-state index in [0.29, 0.717) is 11.6 Å². The highest BCUT2D eigenvalue weighted by molar-refractivity contribution is 5.77. The summed E-state index contributed by atoms with van der Waals surface area (Å²) in [6, 6.07) is 4.24. The van der Waals surface area contributed by atoms with E-state index in [9.17, 15) is 4.79 Å². The maximum atomic E-state index is 10.7. The SMILES string of the molecule is O=Cc1ccn2c(CC3CCCN3)ncc2c1. The molecule has 0 amide bonds. The van der Waals surface area contributed by atoms with Gasteiger partial charge in [0, 0.05) is 24.2 Å². The lowest BCUT2D eigenvalue weighted by Crippen LogP contribution is -2.24. The zero-order chi connectivity index (χ0) is 11.7. The standard InChI is InChI=1S/C13H15N3O/c17-9-10-3-5-16-12(6-10)8-15-13(16)7-11-2-1-4-14-11/h3,5-6,8-9,11,14H,1-2,4,7H2. The first-order valence-corrected chi connectivity index (χ1v) is 6.01. The fourth-order valence-corrected chi connectivity index (χ4v) is 2.45. The van der Waals surface area contributed by atoms with Crippen LogP contribution in [0.3, 0.4) is 0 Å². The van der Waals surface area contributed by atoms with Crippen LogP contribution in [-0.4, -0.2) is 28.3 Å². The van der Waals surface area contributed by atoms with Gasteiger partial charge in [0.25, 0.3) is 0 Å². The molecule has 4 nitrogen and oxygen atoms in total. The van der Waals surface area contributed by atoms with E-state index in [1.807, 2.05) is 24.5 Å². The highest BCUT2D eigenvalue weighted by Crippen LogP contribution is 2.14. The van der Waals surface area contributed by atoms with Crippen molar-refractivity contribution in [3.05, 3.63) is 35.9 Å². The topological polar surface area (TPSA) is 46.4 Å². The number of fused-ring (bicyclic) bond motifs is 1. The van der Waals surface area contributed by atoms with Gasteiger partial charge in [-0.3, -0.25) is 4.79 Å². The molecular formula is C13H15N3O. The second-order valence-electron chi connectivity index (χ2n) is 4.54. The Hall–Kier alpha value is -1.68. The Morgan fingerprint density at radius 3 is 3.29 bits per heavy atom. The van der Waals surface area contributed by atoms with E-state index in [1.54, 1.807) is 0 Å². The second-order valence-corrected chi connectivity index (χ2v) is 4.54. The molecule has 0 spiro atoms. The van der Waals surface area contributed by atoms with Crippen LogP contribution < -0.4 is 5.32 Å². The highest BCUT2D eigenvalue weighted by atomic mass is 16.1. The second kappa shape index (κ2) is 4.30. The summed E-state index contributed by atoms with van der Waals surface area (Å²) in [6.07, 6.45) is 8.05. The average Bonchev–Trinajstić information content (AvgIpc) is 2.99. The first-order chi connectivity index (χ1) is 8.36. The predicted octanol–water partition coefficient (Wildman–Crippen LogP) is 1.44. The lowest BCUT2D eigenvalue weighted by Gasteiger charge is -2.08. The molecule has 4 heteroatoms. The van der Waals surface area contributed by atoms with E-state index in [-0.39, 0.29) is 0 Å². The normalized spacial score (nSPS) is 19.9. The summed E-state index contributed by atoms with van der Waals surface area (Å²) >= 11 is 0. The van der Waals surface area contributed by atoms with Crippen molar-refractivity contribution in [2.45, 2.75) is 25.3 Å². The largest absolute Gasteiger partial charge is 0.314 e. The first kappa shape index (κ1) is 10.5. The fourth-order valence-electron chi connectivity index (χ4n) is 2.45. The van der Waals surface area contributed by atoms with Crippen LogP contribution in [0.15, 0.2) is 24.5 Å². The minimum atomic E-state index is 0.548. The van der Waals surface area contributed by atoms with Gasteiger partial charge in [0.15, 0.2) is 0 Å². The van der Waals surface area contributed by atoms with E-state index in [0.717, 1.165) is 30.6 Å². The molecule has 1 saturated heterocycles. The number of hydrogen-bond acceptors (Lipinski definition) is 3. The number of pyridine rings is 1. The van der Waals surface area contributed by atoms with Crippen LogP contribution in [0, 0.1) is 0 Å². The zero-order valence-corrected chi connectivity index (χ0v) is 9.60. The summed E-state index contributed by atoms with van der Waals surface area (Å²) in [6.45, 7) is 1.11. The number of hydrogen-bond donors (Lipinski definition) is 1. The van der Waals surface area contributed by atoms with Gasteiger partial charge in [-0.05, 0) is 31.5 Å². The Balaban J connectivity index is 1.91. The molecule has 3 heterocycles. The maximum Gasteiger partial charge on any atom is 0.150 e. The summed E-state index contributed by atoms with van der Waals surface area (Å²) in [7, 11) is 0. The smallest absolute Gasteiger partial charge is 0.150 e. The van der Waals surface area contributed by atoms with Crippen molar-refractivity contribution in [3.8, 4) is 0 Å². The summed E-state index contributed by atoms with van der Waals surface area (Å²) in [5.74, 6) is 1.07. The minimum absolute atomic E-state index is 0.548. The molecule has 88 valence electrons. The Bertz CT molecular complexity index is 541. The highest BCUT2D eigenvalue weighted by Gasteiger charge is 2.16. The summed E-state index contributed by atoms with van der Waals surface area (Å²) in [5.41, 5.74) is 1.69. The van der Waals surface area contributed by atoms with Crippen molar-refractivity contribution in [1.29, 1.82) is 0 Å². The molecule has 1 unspecified atom stereocenters. The van der Waals surface area contributed by atoms with Gasteiger partial charge in [-0.15, -0.1) is 0 Å². The van der Waals surface area contributed by atoms with Crippen molar-refractivity contribution in [3.63, 3.8) is 0 Å². The molecule has 1 atom stereocenters. The predicted molar refractivity (Wildman–Crippen MR) is 65.3 cm³/mol. The van der Waals surface area contributed by atoms with Crippen LogP contribution >= 0.6 is 0 Å². The van der Waals surface area contributed by atoms with Crippen LogP contribution in [-0.2, 0) is 6.42 Å². The van der Waals surface area contributed by atoms with Crippen molar-refractivity contribution in [2.75, 3.05) is 6.54 Å². The molecule has 1 aliphatic heterocycles. The summed E-state index contributed by atoms with van der Waals surface area (Å²) in [4.78, 5) is 15.1. The van der Waals surface area contributed by atoms with Crippen LogP contribution in [0.5, 0.6) is 0 Å². The summed E-state index contributed by atoms with van der Waals surface area (Å²) < 4.78 is 2.06. The number of aromatic nitrogens is 2. The number of rotatable bonds is 3. The van der Waals surface area contributed by atoms with Crippen LogP contribution in [0.25, 0.3) is 5.52 Å². The summed E-state index contributed by atoms with van der Waals surface area (Å²) in [5, 5.41) is 3.47. The molecule has 0 saturated carbocycles. The third-order valence-corrected chi connectivity index (χ3v) is 3.36. The Kier molecular flexibility index (Phi) is 2.65. The fraction of sp³-hybridized carbons (Fsp3) is 0.385. The molecule has 1 N–H and O–H groups in total.